The third-order valence-electron chi connectivity index (χ3n) is 5.19. The zero-order valence-corrected chi connectivity index (χ0v) is 17.4. The Morgan fingerprint density at radius 3 is 2.13 bits per heavy atom. The van der Waals surface area contributed by atoms with Crippen molar-refractivity contribution >= 4 is 28.6 Å². The van der Waals surface area contributed by atoms with Crippen molar-refractivity contribution in [2.45, 2.75) is 38.3 Å². The van der Waals surface area contributed by atoms with E-state index in [1.54, 1.807) is 0 Å². The summed E-state index contributed by atoms with van der Waals surface area (Å²) in [6, 6.07) is 21.7. The van der Waals surface area contributed by atoms with Gasteiger partial charge in [0.25, 0.3) is 0 Å². The lowest BCUT2D eigenvalue weighted by Crippen LogP contribution is -2.42. The number of amides is 2. The summed E-state index contributed by atoms with van der Waals surface area (Å²) >= 11 is 0. The van der Waals surface area contributed by atoms with E-state index < -0.39 is 17.9 Å². The highest BCUT2D eigenvalue weighted by Gasteiger charge is 2.22. The number of carboxylic acid groups (broad SMARTS) is 1. The van der Waals surface area contributed by atoms with Crippen molar-refractivity contribution in [1.29, 1.82) is 0 Å². The predicted molar refractivity (Wildman–Crippen MR) is 119 cm³/mol. The summed E-state index contributed by atoms with van der Waals surface area (Å²) in [6.45, 7) is 1.87. The van der Waals surface area contributed by atoms with Crippen LogP contribution in [-0.2, 0) is 20.8 Å². The topological polar surface area (TPSA) is 95.5 Å². The van der Waals surface area contributed by atoms with Crippen molar-refractivity contribution in [3.8, 4) is 0 Å². The summed E-state index contributed by atoms with van der Waals surface area (Å²) in [6.07, 6.45) is 0.0793. The molecule has 0 spiro atoms. The SMILES string of the molecule is C[C@@H](NC(=O)CCC(=O)N[C@H](Cc1cccc2ccccc12)C(=O)O)c1ccccc1. The quantitative estimate of drug-likeness (QED) is 0.495. The van der Waals surface area contributed by atoms with Crippen LogP contribution in [0.15, 0.2) is 72.8 Å². The summed E-state index contributed by atoms with van der Waals surface area (Å²) in [4.78, 5) is 36.2. The Bertz CT molecular complexity index is 1060. The van der Waals surface area contributed by atoms with E-state index in [9.17, 15) is 19.5 Å². The van der Waals surface area contributed by atoms with Gasteiger partial charge in [-0.2, -0.15) is 0 Å². The molecular weight excluding hydrogens is 392 g/mol. The van der Waals surface area contributed by atoms with E-state index >= 15 is 0 Å². The molecule has 0 aromatic heterocycles. The highest BCUT2D eigenvalue weighted by molar-refractivity contribution is 5.89. The van der Waals surface area contributed by atoms with Gasteiger partial charge < -0.3 is 15.7 Å². The van der Waals surface area contributed by atoms with Crippen molar-refractivity contribution in [3.05, 3.63) is 83.9 Å². The number of rotatable bonds is 9. The molecule has 3 aromatic carbocycles. The number of aliphatic carboxylic acids is 1. The largest absolute Gasteiger partial charge is 0.480 e. The fourth-order valence-corrected chi connectivity index (χ4v) is 3.52. The molecule has 0 radical (unpaired) electrons. The molecule has 6 heteroatoms. The molecule has 2 amide bonds. The van der Waals surface area contributed by atoms with Crippen molar-refractivity contribution < 1.29 is 19.5 Å². The molecule has 160 valence electrons. The maximum atomic E-state index is 12.3. The molecule has 0 saturated carbocycles. The molecule has 0 aliphatic carbocycles. The normalized spacial score (nSPS) is 12.7. The average molecular weight is 418 g/mol. The number of carbonyl (C=O) groups excluding carboxylic acids is 2. The number of fused-ring (bicyclic) bond motifs is 1. The molecule has 0 aliphatic rings. The maximum Gasteiger partial charge on any atom is 0.326 e. The molecule has 0 bridgehead atoms. The highest BCUT2D eigenvalue weighted by atomic mass is 16.4. The second kappa shape index (κ2) is 10.4. The van der Waals surface area contributed by atoms with Crippen LogP contribution < -0.4 is 10.6 Å². The molecular formula is C25H26N2O4. The van der Waals surface area contributed by atoms with Crippen LogP contribution in [0, 0.1) is 0 Å². The Labute approximate surface area is 181 Å². The van der Waals surface area contributed by atoms with E-state index in [1.807, 2.05) is 79.7 Å². The fraction of sp³-hybridized carbons (Fsp3) is 0.240. The number of hydrogen-bond donors (Lipinski definition) is 3. The van der Waals surface area contributed by atoms with Gasteiger partial charge in [0, 0.05) is 19.3 Å². The number of nitrogens with one attached hydrogen (secondary N) is 2. The van der Waals surface area contributed by atoms with E-state index in [-0.39, 0.29) is 31.2 Å². The number of carbonyl (C=O) groups is 3. The first-order valence-electron chi connectivity index (χ1n) is 10.3. The van der Waals surface area contributed by atoms with Crippen molar-refractivity contribution in [3.63, 3.8) is 0 Å². The lowest BCUT2D eigenvalue weighted by Gasteiger charge is -2.17. The Morgan fingerprint density at radius 2 is 1.42 bits per heavy atom. The lowest BCUT2D eigenvalue weighted by molar-refractivity contribution is -0.141. The molecule has 3 N–H and O–H groups in total. The number of hydrogen-bond acceptors (Lipinski definition) is 3. The van der Waals surface area contributed by atoms with Crippen LogP contribution in [0.25, 0.3) is 10.8 Å². The lowest BCUT2D eigenvalue weighted by atomic mass is 9.98. The summed E-state index contributed by atoms with van der Waals surface area (Å²) in [5, 5.41) is 17.0. The molecule has 0 heterocycles. The molecule has 2 atom stereocenters. The molecule has 6 nitrogen and oxygen atoms in total. The third-order valence-corrected chi connectivity index (χ3v) is 5.19. The van der Waals surface area contributed by atoms with Crippen LogP contribution in [0.3, 0.4) is 0 Å². The zero-order chi connectivity index (χ0) is 22.2. The molecule has 31 heavy (non-hydrogen) atoms. The molecule has 0 fully saturated rings. The van der Waals surface area contributed by atoms with E-state index in [4.69, 9.17) is 0 Å². The summed E-state index contributed by atoms with van der Waals surface area (Å²) < 4.78 is 0. The minimum absolute atomic E-state index is 0.0103. The van der Waals surface area contributed by atoms with Gasteiger partial charge in [0.2, 0.25) is 11.8 Å². The van der Waals surface area contributed by atoms with Gasteiger partial charge in [0.15, 0.2) is 0 Å². The molecule has 0 saturated heterocycles. The smallest absolute Gasteiger partial charge is 0.326 e. The number of carboxylic acids is 1. The third kappa shape index (κ3) is 6.15. The average Bonchev–Trinajstić information content (AvgIpc) is 2.78. The van der Waals surface area contributed by atoms with Crippen LogP contribution >= 0.6 is 0 Å². The Balaban J connectivity index is 1.54. The van der Waals surface area contributed by atoms with Gasteiger partial charge in [-0.3, -0.25) is 9.59 Å². The second-order valence-corrected chi connectivity index (χ2v) is 7.50. The molecule has 0 aliphatic heterocycles. The molecule has 3 aromatic rings. The Kier molecular flexibility index (Phi) is 7.38. The molecule has 0 unspecified atom stereocenters. The summed E-state index contributed by atoms with van der Waals surface area (Å²) in [7, 11) is 0. The number of benzene rings is 3. The van der Waals surface area contributed by atoms with Crippen molar-refractivity contribution in [2.75, 3.05) is 0 Å². The Hall–Kier alpha value is -3.67. The molecule has 3 rings (SSSR count). The van der Waals surface area contributed by atoms with Gasteiger partial charge >= 0.3 is 5.97 Å². The van der Waals surface area contributed by atoms with E-state index in [2.05, 4.69) is 10.6 Å². The first kappa shape index (κ1) is 22.0. The van der Waals surface area contributed by atoms with Gasteiger partial charge in [-0.05, 0) is 28.8 Å². The first-order valence-corrected chi connectivity index (χ1v) is 10.3. The second-order valence-electron chi connectivity index (χ2n) is 7.50. The van der Waals surface area contributed by atoms with E-state index in [0.717, 1.165) is 21.9 Å². The zero-order valence-electron chi connectivity index (χ0n) is 17.4. The van der Waals surface area contributed by atoms with Crippen LogP contribution in [0.5, 0.6) is 0 Å². The maximum absolute atomic E-state index is 12.3. The minimum Gasteiger partial charge on any atom is -0.480 e. The van der Waals surface area contributed by atoms with Crippen molar-refractivity contribution in [2.24, 2.45) is 0 Å². The van der Waals surface area contributed by atoms with Gasteiger partial charge in [-0.25, -0.2) is 4.79 Å². The van der Waals surface area contributed by atoms with Gasteiger partial charge in [0.1, 0.15) is 6.04 Å². The van der Waals surface area contributed by atoms with E-state index in [1.165, 1.54) is 0 Å². The van der Waals surface area contributed by atoms with Crippen LogP contribution in [0.1, 0.15) is 36.9 Å². The first-order chi connectivity index (χ1) is 14.9. The Morgan fingerprint density at radius 1 is 0.806 bits per heavy atom. The summed E-state index contributed by atoms with van der Waals surface area (Å²) in [5.41, 5.74) is 1.82. The summed E-state index contributed by atoms with van der Waals surface area (Å²) in [5.74, 6) is -1.83. The van der Waals surface area contributed by atoms with E-state index in [0.29, 0.717) is 0 Å². The van der Waals surface area contributed by atoms with Crippen LogP contribution in [-0.4, -0.2) is 28.9 Å². The minimum atomic E-state index is -1.11. The van der Waals surface area contributed by atoms with Crippen LogP contribution in [0.4, 0.5) is 0 Å². The van der Waals surface area contributed by atoms with Gasteiger partial charge in [0.05, 0.1) is 6.04 Å². The fourth-order valence-electron chi connectivity index (χ4n) is 3.52. The van der Waals surface area contributed by atoms with Gasteiger partial charge in [-0.1, -0.05) is 72.8 Å². The van der Waals surface area contributed by atoms with Crippen molar-refractivity contribution in [1.82, 2.24) is 10.6 Å². The van der Waals surface area contributed by atoms with Crippen LogP contribution in [0.2, 0.25) is 0 Å². The van der Waals surface area contributed by atoms with Gasteiger partial charge in [-0.15, -0.1) is 0 Å². The standard InChI is InChI=1S/C25H26N2O4/c1-17(18-8-3-2-4-9-18)26-23(28)14-15-24(29)27-22(25(30)31)16-20-12-7-11-19-10-5-6-13-21(19)20/h2-13,17,22H,14-16H2,1H3,(H,26,28)(H,27,29)(H,30,31)/t17-,22-/m1/s1. The highest BCUT2D eigenvalue weighted by Crippen LogP contribution is 2.20. The monoisotopic (exact) mass is 418 g/mol. The predicted octanol–water partition coefficient (Wildman–Crippen LogP) is 3.61.